The molecule has 3 amide bonds. The molecule has 2 heterocycles. The molecular formula is C29H29F4N3O4. The summed E-state index contributed by atoms with van der Waals surface area (Å²) in [4.78, 5) is 47.5. The van der Waals surface area contributed by atoms with E-state index >= 15 is 0 Å². The van der Waals surface area contributed by atoms with Gasteiger partial charge in [0.25, 0.3) is 5.91 Å². The number of fused-ring (bicyclic) bond motifs is 1. The Kier molecular flexibility index (Phi) is 7.28. The molecule has 4 aliphatic rings. The maximum atomic E-state index is 13.9. The average molecular weight is 560 g/mol. The zero-order valence-corrected chi connectivity index (χ0v) is 21.8. The summed E-state index contributed by atoms with van der Waals surface area (Å²) in [7, 11) is 1.93. The fourth-order valence-corrected chi connectivity index (χ4v) is 6.43. The number of rotatable bonds is 4. The number of nitrogens with zero attached hydrogens (tertiary/aromatic N) is 1. The lowest BCUT2D eigenvalue weighted by Gasteiger charge is -2.58. The summed E-state index contributed by atoms with van der Waals surface area (Å²) in [6.45, 7) is 0.294. The molecule has 6 rings (SSSR count). The van der Waals surface area contributed by atoms with Crippen molar-refractivity contribution >= 4 is 24.0 Å². The molecule has 2 N–H and O–H groups in total. The summed E-state index contributed by atoms with van der Waals surface area (Å²) in [5.41, 5.74) is 1.60. The number of amides is 3. The lowest BCUT2D eigenvalue weighted by atomic mass is 9.49. The maximum absolute atomic E-state index is 13.9. The molecule has 2 aromatic rings. The monoisotopic (exact) mass is 559 g/mol. The normalized spacial score (nSPS) is 27.3. The number of halogens is 4. The van der Waals surface area contributed by atoms with Crippen LogP contribution in [0.4, 0.5) is 17.6 Å². The fraction of sp³-hybridized carbons (Fsp3) is 0.448. The van der Waals surface area contributed by atoms with Crippen LogP contribution in [0.1, 0.15) is 81.8 Å². The van der Waals surface area contributed by atoms with Crippen LogP contribution >= 0.6 is 0 Å². The molecule has 1 atom stereocenters. The van der Waals surface area contributed by atoms with Gasteiger partial charge >= 0.3 is 6.18 Å². The molecule has 2 aromatic carbocycles. The standard InChI is InChI=1S/C15H17F4N.C14H12N2O4/c1-20-11-7-14(8-11)5-9(6-14)12-3-2-10(4-13(12)16)15(17,18)19;17-7-8-1-2-10-9(5-8)6-16(14(10)20)11-3-4-12(18)15-13(11)19/h2-4,9,11,20H,5-8H2,1H3;1-2,5,7,11H,3-4,6H2,(H,15,18,19). The minimum Gasteiger partial charge on any atom is -0.322 e. The van der Waals surface area contributed by atoms with Crippen molar-refractivity contribution in [1.29, 1.82) is 0 Å². The Balaban J connectivity index is 0.000000161. The Morgan fingerprint density at radius 2 is 1.77 bits per heavy atom. The highest BCUT2D eigenvalue weighted by molar-refractivity contribution is 6.05. The molecule has 11 heteroatoms. The summed E-state index contributed by atoms with van der Waals surface area (Å²) in [5.74, 6) is -1.61. The van der Waals surface area contributed by atoms with E-state index in [9.17, 15) is 36.7 Å². The Hall–Kier alpha value is -3.60. The third kappa shape index (κ3) is 5.26. The van der Waals surface area contributed by atoms with E-state index in [1.165, 1.54) is 11.0 Å². The van der Waals surface area contributed by atoms with Crippen molar-refractivity contribution in [3.63, 3.8) is 0 Å². The Labute approximate surface area is 228 Å². The number of hydrogen-bond donors (Lipinski definition) is 2. The first-order valence-electron chi connectivity index (χ1n) is 13.2. The Morgan fingerprint density at radius 1 is 1.05 bits per heavy atom. The van der Waals surface area contributed by atoms with Crippen molar-refractivity contribution in [3.8, 4) is 0 Å². The van der Waals surface area contributed by atoms with Crippen molar-refractivity contribution < 1.29 is 36.7 Å². The summed E-state index contributed by atoms with van der Waals surface area (Å²) in [6, 6.07) is 7.69. The molecular weight excluding hydrogens is 530 g/mol. The number of benzene rings is 2. The highest BCUT2D eigenvalue weighted by Crippen LogP contribution is 2.62. The van der Waals surface area contributed by atoms with Crippen LogP contribution in [0.25, 0.3) is 0 Å². The molecule has 40 heavy (non-hydrogen) atoms. The second-order valence-corrected chi connectivity index (χ2v) is 11.2. The number of hydrogen-bond acceptors (Lipinski definition) is 5. The highest BCUT2D eigenvalue weighted by atomic mass is 19.4. The second-order valence-electron chi connectivity index (χ2n) is 11.2. The summed E-state index contributed by atoms with van der Waals surface area (Å²) >= 11 is 0. The van der Waals surface area contributed by atoms with Crippen LogP contribution in [-0.2, 0) is 22.3 Å². The molecule has 1 spiro atoms. The van der Waals surface area contributed by atoms with E-state index in [1.807, 2.05) is 7.05 Å². The average Bonchev–Trinajstić information content (AvgIpc) is 3.18. The van der Waals surface area contributed by atoms with Gasteiger partial charge in [0.05, 0.1) is 5.56 Å². The van der Waals surface area contributed by atoms with Gasteiger partial charge in [-0.15, -0.1) is 0 Å². The van der Waals surface area contributed by atoms with Gasteiger partial charge in [0.15, 0.2) is 0 Å². The van der Waals surface area contributed by atoms with Gasteiger partial charge in [-0.1, -0.05) is 12.1 Å². The zero-order chi connectivity index (χ0) is 28.8. The Morgan fingerprint density at radius 3 is 2.38 bits per heavy atom. The molecule has 2 aliphatic carbocycles. The van der Waals surface area contributed by atoms with Crippen molar-refractivity contribution in [2.24, 2.45) is 5.41 Å². The zero-order valence-electron chi connectivity index (χ0n) is 21.8. The van der Waals surface area contributed by atoms with Gasteiger partial charge in [-0.3, -0.25) is 24.5 Å². The number of imide groups is 1. The van der Waals surface area contributed by atoms with Gasteiger partial charge in [0.1, 0.15) is 18.1 Å². The van der Waals surface area contributed by atoms with Crippen LogP contribution in [0.5, 0.6) is 0 Å². The smallest absolute Gasteiger partial charge is 0.322 e. The fourth-order valence-electron chi connectivity index (χ4n) is 6.43. The van der Waals surface area contributed by atoms with E-state index in [0.717, 1.165) is 43.6 Å². The molecule has 0 bridgehead atoms. The largest absolute Gasteiger partial charge is 0.416 e. The van der Waals surface area contributed by atoms with Crippen LogP contribution in [0.15, 0.2) is 36.4 Å². The molecule has 1 saturated heterocycles. The van der Waals surface area contributed by atoms with Crippen LogP contribution in [0, 0.1) is 11.2 Å². The highest BCUT2D eigenvalue weighted by Gasteiger charge is 2.53. The van der Waals surface area contributed by atoms with Crippen LogP contribution in [0.3, 0.4) is 0 Å². The summed E-state index contributed by atoms with van der Waals surface area (Å²) < 4.78 is 51.3. The molecule has 1 unspecified atom stereocenters. The van der Waals surface area contributed by atoms with Crippen molar-refractivity contribution in [1.82, 2.24) is 15.5 Å². The molecule has 3 fully saturated rings. The van der Waals surface area contributed by atoms with Crippen molar-refractivity contribution in [3.05, 3.63) is 70.0 Å². The van der Waals surface area contributed by atoms with Crippen LogP contribution in [0.2, 0.25) is 0 Å². The van der Waals surface area contributed by atoms with Crippen molar-refractivity contribution in [2.45, 2.75) is 69.2 Å². The topological polar surface area (TPSA) is 95.6 Å². The predicted octanol–water partition coefficient (Wildman–Crippen LogP) is 4.35. The minimum absolute atomic E-state index is 0.0788. The quantitative estimate of drug-likeness (QED) is 0.330. The lowest BCUT2D eigenvalue weighted by molar-refractivity contribution is -0.138. The third-order valence-electron chi connectivity index (χ3n) is 8.58. The van der Waals surface area contributed by atoms with Gasteiger partial charge in [-0.25, -0.2) is 4.39 Å². The number of carbonyl (C=O) groups excluding carboxylic acids is 4. The van der Waals surface area contributed by atoms with E-state index < -0.39 is 29.5 Å². The SMILES string of the molecule is CNC1CC2(C1)CC(c1ccc(C(F)(F)F)cc1F)C2.O=Cc1ccc2c(c1)CN(C1CCC(=O)NC1=O)C2=O. The van der Waals surface area contributed by atoms with Crippen molar-refractivity contribution in [2.75, 3.05) is 7.05 Å². The van der Waals surface area contributed by atoms with Crippen LogP contribution < -0.4 is 10.6 Å². The first-order valence-corrected chi connectivity index (χ1v) is 13.2. The first-order chi connectivity index (χ1) is 18.9. The third-order valence-corrected chi connectivity index (χ3v) is 8.58. The maximum Gasteiger partial charge on any atom is 0.416 e. The first kappa shape index (κ1) is 27.9. The second kappa shape index (κ2) is 10.4. The molecule has 2 aliphatic heterocycles. The van der Waals surface area contributed by atoms with Crippen LogP contribution in [-0.4, -0.2) is 48.0 Å². The number of carbonyl (C=O) groups is 4. The number of piperidine rings is 1. The van der Waals surface area contributed by atoms with E-state index in [2.05, 4.69) is 10.6 Å². The van der Waals surface area contributed by atoms with Gasteiger partial charge in [-0.2, -0.15) is 13.2 Å². The molecule has 0 aromatic heterocycles. The predicted molar refractivity (Wildman–Crippen MR) is 136 cm³/mol. The van der Waals surface area contributed by atoms with Gasteiger partial charge in [-0.05, 0) is 85.9 Å². The lowest BCUT2D eigenvalue weighted by Crippen LogP contribution is -2.53. The molecule has 2 saturated carbocycles. The Bertz CT molecular complexity index is 1360. The van der Waals surface area contributed by atoms with E-state index in [1.54, 1.807) is 18.2 Å². The summed E-state index contributed by atoms with van der Waals surface area (Å²) in [5, 5.41) is 5.46. The number of aldehydes is 1. The molecule has 212 valence electrons. The van der Waals surface area contributed by atoms with Gasteiger partial charge in [0.2, 0.25) is 11.8 Å². The molecule has 0 radical (unpaired) electrons. The molecule has 7 nitrogen and oxygen atoms in total. The van der Waals surface area contributed by atoms with Gasteiger partial charge in [0, 0.05) is 30.1 Å². The van der Waals surface area contributed by atoms with E-state index in [-0.39, 0.29) is 24.2 Å². The number of alkyl halides is 3. The summed E-state index contributed by atoms with van der Waals surface area (Å²) in [6.07, 6.45) is 0.806. The minimum atomic E-state index is -4.48. The van der Waals surface area contributed by atoms with E-state index in [4.69, 9.17) is 0 Å². The van der Waals surface area contributed by atoms with E-state index in [0.29, 0.717) is 47.2 Å². The van der Waals surface area contributed by atoms with Gasteiger partial charge < -0.3 is 10.2 Å². The number of nitrogens with one attached hydrogen (secondary N) is 2.